The summed E-state index contributed by atoms with van der Waals surface area (Å²) in [6, 6.07) is 0. The van der Waals surface area contributed by atoms with E-state index in [1.54, 1.807) is 0 Å². The van der Waals surface area contributed by atoms with Crippen molar-refractivity contribution in [3.8, 4) is 0 Å². The molecule has 0 aromatic carbocycles. The Morgan fingerprint density at radius 1 is 1.15 bits per heavy atom. The van der Waals surface area contributed by atoms with Crippen LogP contribution in [0.15, 0.2) is 0 Å². The first-order valence-corrected chi connectivity index (χ1v) is 4.81. The smallest absolute Gasteiger partial charge is 0.133 e. The van der Waals surface area contributed by atoms with Crippen molar-refractivity contribution in [3.63, 3.8) is 0 Å². The average molecular weight is 181 g/mol. The van der Waals surface area contributed by atoms with Gasteiger partial charge in [0.05, 0.1) is 0 Å². The monoisotopic (exact) mass is 181 g/mol. The van der Waals surface area contributed by atoms with Crippen LogP contribution in [0.3, 0.4) is 0 Å². The van der Waals surface area contributed by atoms with Crippen LogP contribution < -0.4 is 0 Å². The molecule has 0 atom stereocenters. The summed E-state index contributed by atoms with van der Waals surface area (Å²) < 4.78 is 2.10. The molecule has 13 heavy (non-hydrogen) atoms. The van der Waals surface area contributed by atoms with Gasteiger partial charge in [-0.2, -0.15) is 0 Å². The highest BCUT2D eigenvalue weighted by molar-refractivity contribution is 4.96. The van der Waals surface area contributed by atoms with Gasteiger partial charge in [0.25, 0.3) is 0 Å². The Morgan fingerprint density at radius 2 is 1.69 bits per heavy atom. The Hall–Kier alpha value is -0.860. The van der Waals surface area contributed by atoms with Crippen LogP contribution in [0.1, 0.15) is 39.3 Å². The van der Waals surface area contributed by atoms with Gasteiger partial charge in [-0.25, -0.2) is 0 Å². The molecule has 0 bridgehead atoms. The Balaban J connectivity index is 2.84. The predicted molar refractivity (Wildman–Crippen MR) is 53.5 cm³/mol. The number of hydrogen-bond donors (Lipinski definition) is 0. The highest BCUT2D eigenvalue weighted by Crippen LogP contribution is 2.19. The van der Waals surface area contributed by atoms with Crippen molar-refractivity contribution in [3.05, 3.63) is 11.6 Å². The molecule has 0 unspecified atom stereocenters. The van der Waals surface area contributed by atoms with E-state index >= 15 is 0 Å². The summed E-state index contributed by atoms with van der Waals surface area (Å²) in [5.41, 5.74) is 0.284. The van der Waals surface area contributed by atoms with Crippen molar-refractivity contribution in [1.29, 1.82) is 0 Å². The minimum Gasteiger partial charge on any atom is -0.318 e. The highest BCUT2D eigenvalue weighted by Gasteiger charge is 2.16. The molecule has 0 saturated heterocycles. The quantitative estimate of drug-likeness (QED) is 0.698. The van der Waals surface area contributed by atoms with E-state index in [4.69, 9.17) is 0 Å². The van der Waals surface area contributed by atoms with E-state index in [1.807, 2.05) is 7.05 Å². The lowest BCUT2D eigenvalue weighted by Gasteiger charge is -2.16. The molecule has 0 aliphatic carbocycles. The molecule has 0 radical (unpaired) electrons. The summed E-state index contributed by atoms with van der Waals surface area (Å²) in [7, 11) is 2.04. The molecule has 0 N–H and O–H groups in total. The molecule has 1 aromatic rings. The van der Waals surface area contributed by atoms with Crippen LogP contribution in [0, 0.1) is 5.41 Å². The fraction of sp³-hybridized carbons (Fsp3) is 0.800. The number of aromatic nitrogens is 3. The minimum atomic E-state index is 0.284. The largest absolute Gasteiger partial charge is 0.318 e. The van der Waals surface area contributed by atoms with E-state index in [9.17, 15) is 0 Å². The molecule has 0 fully saturated rings. The third-order valence-electron chi connectivity index (χ3n) is 2.06. The van der Waals surface area contributed by atoms with E-state index in [0.29, 0.717) is 0 Å². The maximum Gasteiger partial charge on any atom is 0.133 e. The van der Waals surface area contributed by atoms with Gasteiger partial charge in [-0.1, -0.05) is 27.7 Å². The topological polar surface area (TPSA) is 30.7 Å². The summed E-state index contributed by atoms with van der Waals surface area (Å²) in [5, 5.41) is 8.32. The van der Waals surface area contributed by atoms with E-state index in [2.05, 4.69) is 42.5 Å². The van der Waals surface area contributed by atoms with Gasteiger partial charge in [-0.05, 0) is 5.41 Å². The van der Waals surface area contributed by atoms with Crippen LogP contribution in [0.4, 0.5) is 0 Å². The summed E-state index contributed by atoms with van der Waals surface area (Å²) in [5.74, 6) is 2.16. The van der Waals surface area contributed by atoms with E-state index in [1.165, 1.54) is 0 Å². The fourth-order valence-electron chi connectivity index (χ4n) is 1.33. The number of nitrogens with zero attached hydrogens (tertiary/aromatic N) is 3. The zero-order chi connectivity index (χ0) is 10.1. The molecule has 0 aliphatic rings. The highest BCUT2D eigenvalue weighted by atomic mass is 15.3. The average Bonchev–Trinajstić information content (AvgIpc) is 2.30. The molecule has 1 heterocycles. The second kappa shape index (κ2) is 3.48. The number of aryl methyl sites for hydroxylation is 1. The summed E-state index contributed by atoms with van der Waals surface area (Å²) in [4.78, 5) is 0. The van der Waals surface area contributed by atoms with Gasteiger partial charge in [-0.3, -0.25) is 0 Å². The van der Waals surface area contributed by atoms with Gasteiger partial charge >= 0.3 is 0 Å². The van der Waals surface area contributed by atoms with Crippen LogP contribution in [0.2, 0.25) is 0 Å². The summed E-state index contributed by atoms with van der Waals surface area (Å²) in [6.45, 7) is 8.75. The van der Waals surface area contributed by atoms with Gasteiger partial charge in [0, 0.05) is 19.9 Å². The third-order valence-corrected chi connectivity index (χ3v) is 2.06. The lowest BCUT2D eigenvalue weighted by Crippen LogP contribution is -2.13. The van der Waals surface area contributed by atoms with Gasteiger partial charge in [0.15, 0.2) is 0 Å². The Bertz CT molecular complexity index is 281. The minimum absolute atomic E-state index is 0.284. The fourth-order valence-corrected chi connectivity index (χ4v) is 1.33. The zero-order valence-corrected chi connectivity index (χ0v) is 9.26. The van der Waals surface area contributed by atoms with Crippen LogP contribution in [0.25, 0.3) is 0 Å². The molecule has 3 nitrogen and oxygen atoms in total. The van der Waals surface area contributed by atoms with Crippen molar-refractivity contribution >= 4 is 0 Å². The molecule has 1 aromatic heterocycles. The number of rotatable bonds is 2. The summed E-state index contributed by atoms with van der Waals surface area (Å²) in [6.07, 6.45) is 1.93. The van der Waals surface area contributed by atoms with Crippen molar-refractivity contribution in [2.75, 3.05) is 0 Å². The molecular weight excluding hydrogens is 162 g/mol. The van der Waals surface area contributed by atoms with Crippen molar-refractivity contribution in [1.82, 2.24) is 14.8 Å². The SMILES string of the molecule is CCc1nnc(CC(C)(C)C)n1C. The number of hydrogen-bond acceptors (Lipinski definition) is 2. The van der Waals surface area contributed by atoms with Crippen molar-refractivity contribution in [2.45, 2.75) is 40.5 Å². The normalized spacial score (nSPS) is 12.1. The molecule has 0 amide bonds. The molecular formula is C10H19N3. The zero-order valence-electron chi connectivity index (χ0n) is 9.26. The van der Waals surface area contributed by atoms with Gasteiger partial charge in [0.2, 0.25) is 0 Å². The first kappa shape index (κ1) is 10.2. The summed E-state index contributed by atoms with van der Waals surface area (Å²) >= 11 is 0. The van der Waals surface area contributed by atoms with Gasteiger partial charge < -0.3 is 4.57 Å². The molecule has 74 valence electrons. The second-order valence-corrected chi connectivity index (χ2v) is 4.68. The molecule has 0 spiro atoms. The lowest BCUT2D eigenvalue weighted by atomic mass is 9.92. The van der Waals surface area contributed by atoms with Crippen molar-refractivity contribution in [2.24, 2.45) is 12.5 Å². The Morgan fingerprint density at radius 3 is 2.08 bits per heavy atom. The van der Waals surface area contributed by atoms with Crippen LogP contribution in [-0.4, -0.2) is 14.8 Å². The maximum absolute atomic E-state index is 4.18. The first-order valence-electron chi connectivity index (χ1n) is 4.81. The second-order valence-electron chi connectivity index (χ2n) is 4.68. The Labute approximate surface area is 80.2 Å². The molecule has 1 rings (SSSR count). The van der Waals surface area contributed by atoms with E-state index in [0.717, 1.165) is 24.5 Å². The van der Waals surface area contributed by atoms with Crippen LogP contribution in [-0.2, 0) is 19.9 Å². The molecule has 0 aliphatic heterocycles. The van der Waals surface area contributed by atoms with Crippen LogP contribution >= 0.6 is 0 Å². The van der Waals surface area contributed by atoms with Crippen LogP contribution in [0.5, 0.6) is 0 Å². The predicted octanol–water partition coefficient (Wildman–Crippen LogP) is 1.97. The standard InChI is InChI=1S/C10H19N3/c1-6-8-11-12-9(13(8)5)7-10(2,3)4/h6-7H2,1-5H3. The van der Waals surface area contributed by atoms with E-state index in [-0.39, 0.29) is 5.41 Å². The first-order chi connectivity index (χ1) is 5.94. The molecule has 3 heteroatoms. The van der Waals surface area contributed by atoms with Gasteiger partial charge in [-0.15, -0.1) is 10.2 Å². The molecule has 0 saturated carbocycles. The van der Waals surface area contributed by atoms with Crippen molar-refractivity contribution < 1.29 is 0 Å². The maximum atomic E-state index is 4.18. The lowest BCUT2D eigenvalue weighted by molar-refractivity contribution is 0.394. The Kier molecular flexibility index (Phi) is 2.74. The third kappa shape index (κ3) is 2.54. The van der Waals surface area contributed by atoms with Gasteiger partial charge in [0.1, 0.15) is 11.6 Å². The van der Waals surface area contributed by atoms with E-state index < -0.39 is 0 Å².